The fourth-order valence-corrected chi connectivity index (χ4v) is 17.7. The zero-order valence-corrected chi connectivity index (χ0v) is 50.5. The molecule has 0 bridgehead atoms. The summed E-state index contributed by atoms with van der Waals surface area (Å²) in [5.74, 6) is -2.77. The molecule has 15 N–H and O–H groups in total. The lowest BCUT2D eigenvalue weighted by Gasteiger charge is -2.72. The maximum atomic E-state index is 15.5. The molecule has 10 aliphatic rings. The molecule has 0 aromatic heterocycles. The molecule has 4 saturated carbocycles. The Morgan fingerprint density at radius 3 is 1.91 bits per heavy atom. The van der Waals surface area contributed by atoms with Crippen LogP contribution in [0.15, 0.2) is 11.6 Å². The third kappa shape index (κ3) is 11.2. The maximum Gasteiger partial charge on any atom is 0.317 e. The summed E-state index contributed by atoms with van der Waals surface area (Å²) in [6.07, 6.45) is -31.5. The second kappa shape index (κ2) is 24.6. The summed E-state index contributed by atoms with van der Waals surface area (Å²) in [7, 11) is 0. The van der Waals surface area contributed by atoms with Crippen molar-refractivity contribution in [2.24, 2.45) is 50.2 Å². The Bertz CT molecular complexity index is 2490. The lowest BCUT2D eigenvalue weighted by molar-refractivity contribution is -0.372. The Labute approximate surface area is 504 Å². The van der Waals surface area contributed by atoms with Crippen molar-refractivity contribution < 1.29 is 138 Å². The summed E-state index contributed by atoms with van der Waals surface area (Å²) in [4.78, 5) is 27.9. The molecular weight excluding hydrogens is 1160 g/mol. The topological polar surface area (TPSA) is 439 Å². The third-order valence-electron chi connectivity index (χ3n) is 22.8. The van der Waals surface area contributed by atoms with Crippen LogP contribution in [0.5, 0.6) is 0 Å². The summed E-state index contributed by atoms with van der Waals surface area (Å²) in [6.45, 7) is 11.4. The second-order valence-corrected chi connectivity index (χ2v) is 28.6. The van der Waals surface area contributed by atoms with Crippen LogP contribution in [0.2, 0.25) is 0 Å². The molecule has 5 aliphatic heterocycles. The highest BCUT2D eigenvalue weighted by Crippen LogP contribution is 2.76. The van der Waals surface area contributed by atoms with Gasteiger partial charge in [-0.3, -0.25) is 9.59 Å². The van der Waals surface area contributed by atoms with Crippen LogP contribution >= 0.6 is 0 Å². The molecule has 10 rings (SSSR count). The number of rotatable bonds is 14. The molecule has 0 radical (unpaired) electrons. The average molecular weight is 1250 g/mol. The van der Waals surface area contributed by atoms with Gasteiger partial charge in [0, 0.05) is 12.3 Å². The summed E-state index contributed by atoms with van der Waals surface area (Å²) in [5, 5.41) is 166. The first-order valence-electron chi connectivity index (χ1n) is 30.6. The highest BCUT2D eigenvalue weighted by atomic mass is 16.8. The number of hydrogen-bond acceptors (Lipinski definition) is 28. The van der Waals surface area contributed by atoms with Gasteiger partial charge in [0.2, 0.25) is 6.29 Å². The maximum absolute atomic E-state index is 15.5. The highest BCUT2D eigenvalue weighted by molar-refractivity contribution is 5.80. The van der Waals surface area contributed by atoms with E-state index in [4.69, 9.17) is 52.1 Å². The van der Waals surface area contributed by atoms with Crippen molar-refractivity contribution in [3.05, 3.63) is 11.6 Å². The zero-order chi connectivity index (χ0) is 63.6. The Morgan fingerprint density at radius 1 is 0.609 bits per heavy atom. The third-order valence-corrected chi connectivity index (χ3v) is 22.8. The molecule has 28 nitrogen and oxygen atoms in total. The van der Waals surface area contributed by atoms with Gasteiger partial charge in [0.15, 0.2) is 37.4 Å². The summed E-state index contributed by atoms with van der Waals surface area (Å²) < 4.78 is 64.8. The minimum Gasteiger partial charge on any atom is -0.454 e. The first kappa shape index (κ1) is 67.6. The van der Waals surface area contributed by atoms with Crippen LogP contribution in [0.1, 0.15) is 107 Å². The molecule has 5 saturated heterocycles. The van der Waals surface area contributed by atoms with Crippen molar-refractivity contribution in [1.29, 1.82) is 0 Å². The Balaban J connectivity index is 0.865. The Kier molecular flexibility index (Phi) is 19.1. The van der Waals surface area contributed by atoms with E-state index in [-0.39, 0.29) is 36.5 Å². The number of esters is 2. The van der Waals surface area contributed by atoms with Gasteiger partial charge in [-0.05, 0) is 97.7 Å². The molecule has 0 aromatic carbocycles. The second-order valence-electron chi connectivity index (χ2n) is 28.6. The van der Waals surface area contributed by atoms with Gasteiger partial charge in [-0.2, -0.15) is 0 Å². The van der Waals surface area contributed by atoms with E-state index in [1.165, 1.54) is 6.92 Å². The first-order valence-corrected chi connectivity index (χ1v) is 30.6. The van der Waals surface area contributed by atoms with Crippen molar-refractivity contribution in [3.63, 3.8) is 0 Å². The summed E-state index contributed by atoms with van der Waals surface area (Å²) in [5.41, 5.74) is -6.15. The lowest BCUT2D eigenvalue weighted by Crippen LogP contribution is -2.70. The van der Waals surface area contributed by atoms with Crippen molar-refractivity contribution in [1.82, 2.24) is 0 Å². The van der Waals surface area contributed by atoms with Crippen molar-refractivity contribution in [2.45, 2.75) is 254 Å². The molecule has 0 amide bonds. The van der Waals surface area contributed by atoms with Crippen LogP contribution in [-0.4, -0.2) is 275 Å². The van der Waals surface area contributed by atoms with E-state index in [1.807, 2.05) is 6.92 Å². The molecule has 32 unspecified atom stereocenters. The van der Waals surface area contributed by atoms with E-state index in [1.54, 1.807) is 0 Å². The fraction of sp³-hybridized carbons (Fsp3) is 0.932. The molecule has 0 spiro atoms. The molecule has 5 heterocycles. The van der Waals surface area contributed by atoms with Crippen molar-refractivity contribution in [3.8, 4) is 0 Å². The van der Waals surface area contributed by atoms with Crippen LogP contribution in [0, 0.1) is 50.2 Å². The van der Waals surface area contributed by atoms with E-state index < -0.39 is 231 Å². The fourth-order valence-electron chi connectivity index (χ4n) is 17.7. The van der Waals surface area contributed by atoms with E-state index in [0.29, 0.717) is 32.1 Å². The SMILES string of the molecule is CC(=O)OC1C(OC2C(C)OC(OC3C(OC(=O)C45CCC(C)(C)CC4C4=CCC6C7(C)CC(O)C(OC8OC(CO)C(O)C(O)C8O)C(C)(CO)C7CCC6(C)C4(C)CC5O)OCC(O)C3O)C(O)C2O)OCC(O)C1OC1OCC(O)(CO)C1O. The van der Waals surface area contributed by atoms with Gasteiger partial charge in [0.1, 0.15) is 84.3 Å². The Hall–Kier alpha value is -2.28. The average Bonchev–Trinajstić information content (AvgIpc) is 1.02. The molecule has 498 valence electrons. The van der Waals surface area contributed by atoms with Gasteiger partial charge in [-0.1, -0.05) is 53.2 Å². The van der Waals surface area contributed by atoms with Crippen molar-refractivity contribution >= 4 is 11.9 Å². The summed E-state index contributed by atoms with van der Waals surface area (Å²) in [6, 6.07) is 0. The van der Waals surface area contributed by atoms with Crippen LogP contribution in [-0.2, 0) is 61.7 Å². The standard InChI is InChI=1S/C59H94O28/c1-24-41(83-50-44(81-25(2)63)42(30(66)20-78-50)84-51-45(74)58(76,22-62)23-79-51)38(71)40(73)47(80-24)85-43-35(68)29(65)19-77-49(43)87-52(75)59-14-13-53(3,4)15-27(59)26-9-10-33-54(5)16-28(64)46(86-48-39(72)37(70)36(69)31(18-60)82-48)55(6,21-61)32(54)11-12-56(33,7)57(26,8)17-34(59)67/h9,24,27-51,60-62,64-74,76H,10-23H2,1-8H3. The van der Waals surface area contributed by atoms with Gasteiger partial charge >= 0.3 is 11.9 Å². The predicted octanol–water partition coefficient (Wildman–Crippen LogP) is -3.78. The van der Waals surface area contributed by atoms with Crippen molar-refractivity contribution in [2.75, 3.05) is 39.6 Å². The van der Waals surface area contributed by atoms with Crippen LogP contribution in [0.25, 0.3) is 0 Å². The number of aliphatic hydroxyl groups excluding tert-OH is 14. The number of allylic oxidation sites excluding steroid dienone is 2. The minimum absolute atomic E-state index is 0.115. The van der Waals surface area contributed by atoms with E-state index >= 15 is 4.79 Å². The number of hydrogen-bond donors (Lipinski definition) is 15. The minimum atomic E-state index is -2.11. The number of aliphatic hydroxyl groups is 15. The number of carbonyl (C=O) groups excluding carboxylic acids is 2. The van der Waals surface area contributed by atoms with Gasteiger partial charge in [-0.15, -0.1) is 0 Å². The molecule has 28 heteroatoms. The van der Waals surface area contributed by atoms with Gasteiger partial charge in [-0.25, -0.2) is 0 Å². The molecule has 9 fully saturated rings. The zero-order valence-electron chi connectivity index (χ0n) is 50.5. The molecule has 5 aliphatic carbocycles. The number of carbonyl (C=O) groups is 2. The van der Waals surface area contributed by atoms with Crippen LogP contribution in [0.3, 0.4) is 0 Å². The quantitative estimate of drug-likeness (QED) is 0.0451. The number of fused-ring (bicyclic) bond motifs is 7. The number of ether oxygens (including phenoxy) is 11. The van der Waals surface area contributed by atoms with E-state index in [9.17, 15) is 81.4 Å². The lowest BCUT2D eigenvalue weighted by atomic mass is 9.33. The first-order chi connectivity index (χ1) is 40.7. The molecule has 87 heavy (non-hydrogen) atoms. The smallest absolute Gasteiger partial charge is 0.317 e. The van der Waals surface area contributed by atoms with E-state index in [0.717, 1.165) is 12.5 Å². The summed E-state index contributed by atoms with van der Waals surface area (Å²) >= 11 is 0. The molecular formula is C59H94O28. The molecule has 0 aromatic rings. The largest absolute Gasteiger partial charge is 0.454 e. The Morgan fingerprint density at radius 2 is 1.25 bits per heavy atom. The normalized spacial score (nSPS) is 54.0. The van der Waals surface area contributed by atoms with Gasteiger partial charge < -0.3 is 129 Å². The highest BCUT2D eigenvalue weighted by Gasteiger charge is 2.73. The van der Waals surface area contributed by atoms with Crippen LogP contribution in [0.4, 0.5) is 0 Å². The predicted molar refractivity (Wildman–Crippen MR) is 290 cm³/mol. The van der Waals surface area contributed by atoms with Gasteiger partial charge in [0.05, 0.1) is 64.1 Å². The monoisotopic (exact) mass is 1250 g/mol. The molecule has 32 atom stereocenters. The van der Waals surface area contributed by atoms with E-state index in [2.05, 4.69) is 40.7 Å². The van der Waals surface area contributed by atoms with Crippen LogP contribution < -0.4 is 0 Å². The van der Waals surface area contributed by atoms with Gasteiger partial charge in [0.25, 0.3) is 0 Å².